The molecule has 1 nitrogen and oxygen atoms in total. The zero-order chi connectivity index (χ0) is 7.23. The second kappa shape index (κ2) is 4.37. The van der Waals surface area contributed by atoms with Crippen LogP contribution in [0.3, 0.4) is 0 Å². The van der Waals surface area contributed by atoms with Crippen molar-refractivity contribution < 1.29 is 4.74 Å². The topological polar surface area (TPSA) is 9.23 Å². The SMILES string of the molecule is CO/C=C/C1CCCCC1. The van der Waals surface area contributed by atoms with E-state index >= 15 is 0 Å². The van der Waals surface area contributed by atoms with Crippen molar-refractivity contribution in [1.29, 1.82) is 0 Å². The molecule has 1 heteroatoms. The highest BCUT2D eigenvalue weighted by atomic mass is 16.5. The van der Waals surface area contributed by atoms with Gasteiger partial charge in [0, 0.05) is 0 Å². The van der Waals surface area contributed by atoms with E-state index in [-0.39, 0.29) is 0 Å². The van der Waals surface area contributed by atoms with Crippen molar-refractivity contribution in [3.8, 4) is 0 Å². The van der Waals surface area contributed by atoms with Gasteiger partial charge in [0.05, 0.1) is 13.4 Å². The fourth-order valence-electron chi connectivity index (χ4n) is 1.52. The molecular weight excluding hydrogens is 124 g/mol. The molecule has 0 radical (unpaired) electrons. The lowest BCUT2D eigenvalue weighted by Gasteiger charge is -2.17. The maximum Gasteiger partial charge on any atom is 0.0787 e. The summed E-state index contributed by atoms with van der Waals surface area (Å²) in [6.07, 6.45) is 11.0. The molecule has 1 aliphatic carbocycles. The number of allylic oxidation sites excluding steroid dienone is 1. The molecule has 0 unspecified atom stereocenters. The third-order valence-electron chi connectivity index (χ3n) is 2.14. The molecule has 0 aromatic heterocycles. The summed E-state index contributed by atoms with van der Waals surface area (Å²) in [5.74, 6) is 0.800. The summed E-state index contributed by atoms with van der Waals surface area (Å²) in [6.45, 7) is 0. The highest BCUT2D eigenvalue weighted by molar-refractivity contribution is 4.84. The largest absolute Gasteiger partial charge is 0.505 e. The Morgan fingerprint density at radius 3 is 2.50 bits per heavy atom. The monoisotopic (exact) mass is 140 g/mol. The second-order valence-electron chi connectivity index (χ2n) is 2.96. The van der Waals surface area contributed by atoms with Gasteiger partial charge >= 0.3 is 0 Å². The summed E-state index contributed by atoms with van der Waals surface area (Å²) in [4.78, 5) is 0. The molecule has 58 valence electrons. The number of methoxy groups -OCH3 is 1. The minimum atomic E-state index is 0.800. The third kappa shape index (κ3) is 2.42. The molecule has 1 saturated carbocycles. The van der Waals surface area contributed by atoms with Crippen molar-refractivity contribution in [2.24, 2.45) is 5.92 Å². The Hall–Kier alpha value is -0.460. The van der Waals surface area contributed by atoms with Gasteiger partial charge in [-0.05, 0) is 24.8 Å². The molecule has 0 aromatic carbocycles. The molecule has 0 aromatic rings. The van der Waals surface area contributed by atoms with E-state index in [0.29, 0.717) is 0 Å². The number of hydrogen-bond acceptors (Lipinski definition) is 1. The number of rotatable bonds is 2. The standard InChI is InChI=1S/C9H16O/c1-10-8-7-9-5-3-2-4-6-9/h7-9H,2-6H2,1H3/b8-7+. The molecule has 0 amide bonds. The van der Waals surface area contributed by atoms with E-state index < -0.39 is 0 Å². The van der Waals surface area contributed by atoms with Crippen LogP contribution in [0.2, 0.25) is 0 Å². The predicted molar refractivity (Wildman–Crippen MR) is 42.7 cm³/mol. The molecule has 0 spiro atoms. The lowest BCUT2D eigenvalue weighted by Crippen LogP contribution is -2.02. The van der Waals surface area contributed by atoms with E-state index in [9.17, 15) is 0 Å². The summed E-state index contributed by atoms with van der Waals surface area (Å²) in [5.41, 5.74) is 0. The van der Waals surface area contributed by atoms with Crippen LogP contribution in [-0.2, 0) is 4.74 Å². The molecule has 1 aliphatic rings. The summed E-state index contributed by atoms with van der Waals surface area (Å²) in [7, 11) is 1.71. The Kier molecular flexibility index (Phi) is 3.34. The van der Waals surface area contributed by atoms with Crippen molar-refractivity contribution in [3.63, 3.8) is 0 Å². The fraction of sp³-hybridized carbons (Fsp3) is 0.778. The van der Waals surface area contributed by atoms with Gasteiger partial charge in [-0.2, -0.15) is 0 Å². The summed E-state index contributed by atoms with van der Waals surface area (Å²) in [6, 6.07) is 0. The molecule has 0 N–H and O–H groups in total. The van der Waals surface area contributed by atoms with Gasteiger partial charge in [-0.25, -0.2) is 0 Å². The molecule has 1 rings (SSSR count). The van der Waals surface area contributed by atoms with Crippen LogP contribution in [0.25, 0.3) is 0 Å². The second-order valence-corrected chi connectivity index (χ2v) is 2.96. The molecule has 1 fully saturated rings. The maximum atomic E-state index is 4.86. The van der Waals surface area contributed by atoms with Gasteiger partial charge in [0.15, 0.2) is 0 Å². The first-order chi connectivity index (χ1) is 4.93. The first kappa shape index (κ1) is 7.64. The first-order valence-electron chi connectivity index (χ1n) is 4.13. The number of hydrogen-bond donors (Lipinski definition) is 0. The van der Waals surface area contributed by atoms with Gasteiger partial charge in [-0.15, -0.1) is 0 Å². The van der Waals surface area contributed by atoms with E-state index in [4.69, 9.17) is 4.74 Å². The van der Waals surface area contributed by atoms with E-state index in [1.165, 1.54) is 32.1 Å². The molecular formula is C9H16O. The van der Waals surface area contributed by atoms with Gasteiger partial charge in [0.1, 0.15) is 0 Å². The minimum absolute atomic E-state index is 0.800. The summed E-state index contributed by atoms with van der Waals surface area (Å²) in [5, 5.41) is 0. The van der Waals surface area contributed by atoms with Gasteiger partial charge in [0.2, 0.25) is 0 Å². The lowest BCUT2D eigenvalue weighted by atomic mass is 9.89. The van der Waals surface area contributed by atoms with Crippen LogP contribution in [0.4, 0.5) is 0 Å². The minimum Gasteiger partial charge on any atom is -0.505 e. The lowest BCUT2D eigenvalue weighted by molar-refractivity contribution is 0.327. The fourth-order valence-corrected chi connectivity index (χ4v) is 1.52. The van der Waals surface area contributed by atoms with Gasteiger partial charge in [0.25, 0.3) is 0 Å². The average Bonchev–Trinajstić information content (AvgIpc) is 2.03. The zero-order valence-electron chi connectivity index (χ0n) is 6.68. The summed E-state index contributed by atoms with van der Waals surface area (Å²) >= 11 is 0. The first-order valence-corrected chi connectivity index (χ1v) is 4.13. The van der Waals surface area contributed by atoms with Crippen molar-refractivity contribution in [3.05, 3.63) is 12.3 Å². The van der Waals surface area contributed by atoms with Crippen LogP contribution in [0.1, 0.15) is 32.1 Å². The Balaban J connectivity index is 2.19. The molecule has 0 bridgehead atoms. The van der Waals surface area contributed by atoms with E-state index in [1.54, 1.807) is 7.11 Å². The Labute approximate surface area is 63.1 Å². The van der Waals surface area contributed by atoms with Crippen LogP contribution in [-0.4, -0.2) is 7.11 Å². The highest BCUT2D eigenvalue weighted by Crippen LogP contribution is 2.24. The third-order valence-corrected chi connectivity index (χ3v) is 2.14. The van der Waals surface area contributed by atoms with Crippen molar-refractivity contribution in [1.82, 2.24) is 0 Å². The average molecular weight is 140 g/mol. The van der Waals surface area contributed by atoms with E-state index in [1.807, 2.05) is 6.26 Å². The van der Waals surface area contributed by atoms with Gasteiger partial charge in [-0.3, -0.25) is 0 Å². The van der Waals surface area contributed by atoms with Crippen molar-refractivity contribution >= 4 is 0 Å². The quantitative estimate of drug-likeness (QED) is 0.536. The summed E-state index contributed by atoms with van der Waals surface area (Å²) < 4.78 is 4.86. The molecule has 0 aliphatic heterocycles. The van der Waals surface area contributed by atoms with Crippen LogP contribution in [0, 0.1) is 5.92 Å². The maximum absolute atomic E-state index is 4.86. The smallest absolute Gasteiger partial charge is 0.0787 e. The Bertz CT molecular complexity index is 101. The Morgan fingerprint density at radius 2 is 1.90 bits per heavy atom. The molecule has 0 heterocycles. The van der Waals surface area contributed by atoms with Crippen LogP contribution < -0.4 is 0 Å². The normalized spacial score (nSPS) is 21.7. The predicted octanol–water partition coefficient (Wildman–Crippen LogP) is 2.73. The molecule has 0 saturated heterocycles. The van der Waals surface area contributed by atoms with Crippen LogP contribution in [0.5, 0.6) is 0 Å². The van der Waals surface area contributed by atoms with Crippen molar-refractivity contribution in [2.45, 2.75) is 32.1 Å². The van der Waals surface area contributed by atoms with Gasteiger partial charge in [-0.1, -0.05) is 19.3 Å². The zero-order valence-corrected chi connectivity index (χ0v) is 6.68. The number of ether oxygens (including phenoxy) is 1. The van der Waals surface area contributed by atoms with Crippen LogP contribution >= 0.6 is 0 Å². The van der Waals surface area contributed by atoms with E-state index in [2.05, 4.69) is 6.08 Å². The van der Waals surface area contributed by atoms with Crippen LogP contribution in [0.15, 0.2) is 12.3 Å². The Morgan fingerprint density at radius 1 is 1.20 bits per heavy atom. The van der Waals surface area contributed by atoms with E-state index in [0.717, 1.165) is 5.92 Å². The highest BCUT2D eigenvalue weighted by Gasteiger charge is 2.09. The van der Waals surface area contributed by atoms with Crippen molar-refractivity contribution in [2.75, 3.05) is 7.11 Å². The van der Waals surface area contributed by atoms with Gasteiger partial charge < -0.3 is 4.74 Å². The molecule has 10 heavy (non-hydrogen) atoms. The molecule has 0 atom stereocenters.